The van der Waals surface area contributed by atoms with Crippen LogP contribution in [0.25, 0.3) is 0 Å². The predicted molar refractivity (Wildman–Crippen MR) is 88.1 cm³/mol. The van der Waals surface area contributed by atoms with E-state index in [0.717, 1.165) is 5.56 Å². The molecule has 1 amide bonds. The minimum atomic E-state index is -1.07. The number of carboxylic acid groups (broad SMARTS) is 1. The molecule has 0 fully saturated rings. The second-order valence-electron chi connectivity index (χ2n) is 5.98. The van der Waals surface area contributed by atoms with Crippen molar-refractivity contribution in [1.82, 2.24) is 5.32 Å². The topological polar surface area (TPSA) is 75.6 Å². The molecule has 0 aliphatic rings. The molecule has 6 heteroatoms. The molecule has 22 heavy (non-hydrogen) atoms. The second kappa shape index (κ2) is 8.08. The molecule has 122 valence electrons. The molecule has 0 aliphatic heterocycles. The normalized spacial score (nSPS) is 12.5. The minimum absolute atomic E-state index is 0.281. The van der Waals surface area contributed by atoms with Crippen LogP contribution in [-0.2, 0) is 15.3 Å². The van der Waals surface area contributed by atoms with E-state index in [2.05, 4.69) is 5.32 Å². The van der Waals surface area contributed by atoms with Gasteiger partial charge in [0.15, 0.2) is 0 Å². The van der Waals surface area contributed by atoms with Crippen LogP contribution in [-0.4, -0.2) is 34.6 Å². The third kappa shape index (κ3) is 6.85. The van der Waals surface area contributed by atoms with Gasteiger partial charge in [-0.2, -0.15) is 11.8 Å². The molecular formula is C16H23NO4S. The summed E-state index contributed by atoms with van der Waals surface area (Å²) in [5, 5.41) is 11.6. The van der Waals surface area contributed by atoms with Crippen molar-refractivity contribution < 1.29 is 19.4 Å². The summed E-state index contributed by atoms with van der Waals surface area (Å²) in [5.74, 6) is -0.0850. The van der Waals surface area contributed by atoms with Crippen LogP contribution in [0, 0.1) is 6.92 Å². The Morgan fingerprint density at radius 3 is 2.50 bits per heavy atom. The van der Waals surface area contributed by atoms with Gasteiger partial charge in [-0.25, -0.2) is 9.59 Å². The molecular weight excluding hydrogens is 302 g/mol. The van der Waals surface area contributed by atoms with Gasteiger partial charge >= 0.3 is 12.1 Å². The van der Waals surface area contributed by atoms with Crippen LogP contribution in [0.3, 0.4) is 0 Å². The molecule has 1 atom stereocenters. The average Bonchev–Trinajstić information content (AvgIpc) is 2.37. The molecule has 0 saturated carbocycles. The van der Waals surface area contributed by atoms with Gasteiger partial charge in [-0.15, -0.1) is 0 Å². The third-order valence-corrected chi connectivity index (χ3v) is 3.88. The first-order chi connectivity index (χ1) is 10.2. The van der Waals surface area contributed by atoms with Crippen molar-refractivity contribution in [3.05, 3.63) is 35.4 Å². The first-order valence-corrected chi connectivity index (χ1v) is 8.19. The summed E-state index contributed by atoms with van der Waals surface area (Å²) in [4.78, 5) is 22.9. The third-order valence-electron chi connectivity index (χ3n) is 2.79. The van der Waals surface area contributed by atoms with Gasteiger partial charge in [0.2, 0.25) is 0 Å². The Hall–Kier alpha value is -1.69. The van der Waals surface area contributed by atoms with Crippen LogP contribution in [0.2, 0.25) is 0 Å². The fraction of sp³-hybridized carbons (Fsp3) is 0.500. The number of alkyl carbamates (subject to hydrolysis) is 1. The molecule has 0 bridgehead atoms. The molecule has 1 aromatic carbocycles. The van der Waals surface area contributed by atoms with E-state index in [1.165, 1.54) is 17.3 Å². The molecule has 0 radical (unpaired) electrons. The lowest BCUT2D eigenvalue weighted by molar-refractivity contribution is -0.138. The number of aliphatic carboxylic acids is 1. The van der Waals surface area contributed by atoms with E-state index in [4.69, 9.17) is 4.74 Å². The maximum Gasteiger partial charge on any atom is 0.408 e. The first kappa shape index (κ1) is 18.4. The number of carbonyl (C=O) groups is 2. The first-order valence-electron chi connectivity index (χ1n) is 7.03. The van der Waals surface area contributed by atoms with Crippen LogP contribution in [0.1, 0.15) is 31.9 Å². The highest BCUT2D eigenvalue weighted by atomic mass is 32.2. The number of hydrogen-bond acceptors (Lipinski definition) is 4. The van der Waals surface area contributed by atoms with E-state index >= 15 is 0 Å². The smallest absolute Gasteiger partial charge is 0.408 e. The van der Waals surface area contributed by atoms with Crippen LogP contribution in [0.15, 0.2) is 24.3 Å². The van der Waals surface area contributed by atoms with Crippen LogP contribution < -0.4 is 5.32 Å². The Kier molecular flexibility index (Phi) is 6.74. The number of thioether (sulfide) groups is 1. The van der Waals surface area contributed by atoms with Gasteiger partial charge in [-0.1, -0.05) is 24.3 Å². The fourth-order valence-electron chi connectivity index (χ4n) is 1.68. The lowest BCUT2D eigenvalue weighted by atomic mass is 10.1. The van der Waals surface area contributed by atoms with E-state index in [-0.39, 0.29) is 5.75 Å². The molecule has 1 unspecified atom stereocenters. The molecule has 0 saturated heterocycles. The molecule has 5 nitrogen and oxygen atoms in total. The summed E-state index contributed by atoms with van der Waals surface area (Å²) in [6.07, 6.45) is -0.712. The largest absolute Gasteiger partial charge is 0.480 e. The number of amides is 1. The quantitative estimate of drug-likeness (QED) is 0.840. The number of benzene rings is 1. The Balaban J connectivity index is 2.50. The van der Waals surface area contributed by atoms with Crippen LogP contribution >= 0.6 is 11.8 Å². The number of nitrogens with one attached hydrogen (secondary N) is 1. The van der Waals surface area contributed by atoms with Crippen molar-refractivity contribution in [2.24, 2.45) is 0 Å². The summed E-state index contributed by atoms with van der Waals surface area (Å²) in [5.41, 5.74) is 1.68. The SMILES string of the molecule is Cc1ccccc1CSCC(NC(=O)OC(C)(C)C)C(=O)O. The second-order valence-corrected chi connectivity index (χ2v) is 7.01. The number of aryl methyl sites for hydroxylation is 1. The van der Waals surface area contributed by atoms with E-state index in [1.807, 2.05) is 31.2 Å². The Bertz CT molecular complexity index is 525. The zero-order valence-electron chi connectivity index (χ0n) is 13.4. The summed E-state index contributed by atoms with van der Waals surface area (Å²) in [6.45, 7) is 7.21. The molecule has 1 aromatic rings. The van der Waals surface area contributed by atoms with Crippen molar-refractivity contribution in [1.29, 1.82) is 0 Å². The maximum absolute atomic E-state index is 11.7. The molecule has 0 aliphatic carbocycles. The number of hydrogen-bond donors (Lipinski definition) is 2. The highest BCUT2D eigenvalue weighted by Crippen LogP contribution is 2.17. The monoisotopic (exact) mass is 325 g/mol. The van der Waals surface area contributed by atoms with Crippen molar-refractivity contribution in [3.8, 4) is 0 Å². The zero-order valence-corrected chi connectivity index (χ0v) is 14.2. The number of rotatable bonds is 6. The van der Waals surface area contributed by atoms with Gasteiger partial charge in [0.1, 0.15) is 11.6 Å². The predicted octanol–water partition coefficient (Wildman–Crippen LogP) is 3.21. The highest BCUT2D eigenvalue weighted by molar-refractivity contribution is 7.98. The molecule has 0 aromatic heterocycles. The summed E-state index contributed by atoms with van der Waals surface area (Å²) < 4.78 is 5.08. The van der Waals surface area contributed by atoms with E-state index in [0.29, 0.717) is 5.75 Å². The Morgan fingerprint density at radius 1 is 1.32 bits per heavy atom. The fourth-order valence-corrected chi connectivity index (χ4v) is 2.81. The van der Waals surface area contributed by atoms with Gasteiger partial charge in [0.25, 0.3) is 0 Å². The van der Waals surface area contributed by atoms with E-state index in [1.54, 1.807) is 20.8 Å². The van der Waals surface area contributed by atoms with Crippen LogP contribution in [0.5, 0.6) is 0 Å². The highest BCUT2D eigenvalue weighted by Gasteiger charge is 2.23. The number of carbonyl (C=O) groups excluding carboxylic acids is 1. The lowest BCUT2D eigenvalue weighted by Gasteiger charge is -2.21. The molecule has 2 N–H and O–H groups in total. The Morgan fingerprint density at radius 2 is 1.95 bits per heavy atom. The molecule has 0 spiro atoms. The standard InChI is InChI=1S/C16H23NO4S/c1-11-7-5-6-8-12(11)9-22-10-13(14(18)19)17-15(20)21-16(2,3)4/h5-8,13H,9-10H2,1-4H3,(H,17,20)(H,18,19). The van der Waals surface area contributed by atoms with E-state index in [9.17, 15) is 14.7 Å². The van der Waals surface area contributed by atoms with Crippen LogP contribution in [0.4, 0.5) is 4.79 Å². The summed E-state index contributed by atoms with van der Waals surface area (Å²) >= 11 is 1.47. The zero-order chi connectivity index (χ0) is 16.8. The summed E-state index contributed by atoms with van der Waals surface area (Å²) in [7, 11) is 0. The number of ether oxygens (including phenoxy) is 1. The molecule has 0 heterocycles. The van der Waals surface area contributed by atoms with Gasteiger partial charge in [-0.05, 0) is 38.8 Å². The Labute approximate surface area is 135 Å². The van der Waals surface area contributed by atoms with Crippen molar-refractivity contribution in [2.45, 2.75) is 45.1 Å². The van der Waals surface area contributed by atoms with Crippen molar-refractivity contribution in [3.63, 3.8) is 0 Å². The van der Waals surface area contributed by atoms with Gasteiger partial charge in [0, 0.05) is 11.5 Å². The molecule has 1 rings (SSSR count). The van der Waals surface area contributed by atoms with Gasteiger partial charge < -0.3 is 15.2 Å². The lowest BCUT2D eigenvalue weighted by Crippen LogP contribution is -2.44. The maximum atomic E-state index is 11.7. The van der Waals surface area contributed by atoms with Gasteiger partial charge in [0.05, 0.1) is 0 Å². The van der Waals surface area contributed by atoms with Crippen molar-refractivity contribution in [2.75, 3.05) is 5.75 Å². The number of carboxylic acids is 1. The van der Waals surface area contributed by atoms with Crippen molar-refractivity contribution >= 4 is 23.8 Å². The summed E-state index contributed by atoms with van der Waals surface area (Å²) in [6, 6.07) is 6.98. The average molecular weight is 325 g/mol. The minimum Gasteiger partial charge on any atom is -0.480 e. The van der Waals surface area contributed by atoms with E-state index < -0.39 is 23.7 Å². The van der Waals surface area contributed by atoms with Gasteiger partial charge in [-0.3, -0.25) is 0 Å².